The summed E-state index contributed by atoms with van der Waals surface area (Å²) in [6.45, 7) is 6.51. The zero-order valence-corrected chi connectivity index (χ0v) is 12.5. The Morgan fingerprint density at radius 1 is 1.42 bits per heavy atom. The number of hydrogen-bond acceptors (Lipinski definition) is 4. The quantitative estimate of drug-likeness (QED) is 0.825. The number of H-pyrrole nitrogens is 1. The van der Waals surface area contributed by atoms with Crippen molar-refractivity contribution >= 4 is 23.1 Å². The van der Waals surface area contributed by atoms with E-state index in [1.807, 2.05) is 0 Å². The fourth-order valence-corrected chi connectivity index (χ4v) is 3.34. The molecule has 19 heavy (non-hydrogen) atoms. The molecule has 2 aromatic heterocycles. The van der Waals surface area contributed by atoms with Gasteiger partial charge in [0.1, 0.15) is 5.82 Å². The number of fused-ring (bicyclic) bond motifs is 2. The van der Waals surface area contributed by atoms with Gasteiger partial charge < -0.3 is 4.98 Å². The number of hydrogen-bond donors (Lipinski definition) is 2. The Morgan fingerprint density at radius 2 is 2.26 bits per heavy atom. The van der Waals surface area contributed by atoms with Crippen LogP contribution in [-0.4, -0.2) is 21.0 Å². The van der Waals surface area contributed by atoms with Gasteiger partial charge in [0.2, 0.25) is 0 Å². The van der Waals surface area contributed by atoms with Crippen molar-refractivity contribution < 1.29 is 0 Å². The van der Waals surface area contributed by atoms with Crippen molar-refractivity contribution in [1.82, 2.24) is 19.7 Å². The molecular weight excluding hydrogens is 256 g/mol. The third-order valence-corrected chi connectivity index (χ3v) is 4.66. The molecule has 0 radical (unpaired) electrons. The molecule has 0 amide bonds. The summed E-state index contributed by atoms with van der Waals surface area (Å²) < 4.78 is 3.52. The second kappa shape index (κ2) is 5.13. The molecule has 0 spiro atoms. The highest BCUT2D eigenvalue weighted by atomic mass is 32.2. The molecule has 2 aromatic rings. The van der Waals surface area contributed by atoms with Crippen LogP contribution in [0.25, 0.3) is 11.2 Å². The first kappa shape index (κ1) is 12.9. The second-order valence-corrected chi connectivity index (χ2v) is 6.32. The normalized spacial score (nSPS) is 19.7. The van der Waals surface area contributed by atoms with E-state index in [2.05, 4.69) is 41.5 Å². The summed E-state index contributed by atoms with van der Waals surface area (Å²) in [6, 6.07) is 2.77. The van der Waals surface area contributed by atoms with Crippen molar-refractivity contribution in [2.24, 2.45) is 0 Å². The van der Waals surface area contributed by atoms with Crippen LogP contribution in [0.1, 0.15) is 51.0 Å². The highest BCUT2D eigenvalue weighted by Crippen LogP contribution is 2.29. The first-order valence-electron chi connectivity index (χ1n) is 6.99. The first-order valence-corrected chi connectivity index (χ1v) is 7.81. The zero-order chi connectivity index (χ0) is 13.4. The highest BCUT2D eigenvalue weighted by Gasteiger charge is 2.18. The van der Waals surface area contributed by atoms with Gasteiger partial charge in [0.05, 0.1) is 11.2 Å². The lowest BCUT2D eigenvalue weighted by atomic mass is 10.1. The van der Waals surface area contributed by atoms with Crippen molar-refractivity contribution in [2.45, 2.75) is 56.9 Å². The van der Waals surface area contributed by atoms with Crippen LogP contribution in [0.4, 0.5) is 0 Å². The van der Waals surface area contributed by atoms with Gasteiger partial charge in [0.15, 0.2) is 5.65 Å². The molecular formula is C14H20N4S. The van der Waals surface area contributed by atoms with E-state index in [0.717, 1.165) is 36.3 Å². The Bertz CT molecular complexity index is 545. The predicted molar refractivity (Wildman–Crippen MR) is 79.4 cm³/mol. The molecule has 1 unspecified atom stereocenters. The molecule has 0 bridgehead atoms. The standard InChI is InChI=1S/C14H20N4S/c1-4-9-5-6-10-12(19-18-9)7-11-14(15-10)17-13(16-11)8(2)3/h7-9,18H,4-6H2,1-3H3,(H,15,16,17). The van der Waals surface area contributed by atoms with Gasteiger partial charge in [-0.2, -0.15) is 0 Å². The van der Waals surface area contributed by atoms with E-state index in [4.69, 9.17) is 4.98 Å². The van der Waals surface area contributed by atoms with Crippen LogP contribution in [0.5, 0.6) is 0 Å². The number of imidazole rings is 1. The fraction of sp³-hybridized carbons (Fsp3) is 0.571. The Labute approximate surface area is 117 Å². The second-order valence-electron chi connectivity index (χ2n) is 5.44. The van der Waals surface area contributed by atoms with Crippen LogP contribution in [0, 0.1) is 0 Å². The van der Waals surface area contributed by atoms with Gasteiger partial charge in [0, 0.05) is 16.9 Å². The maximum atomic E-state index is 4.74. The maximum Gasteiger partial charge on any atom is 0.178 e. The Balaban J connectivity index is 1.99. The molecule has 0 saturated carbocycles. The third kappa shape index (κ3) is 2.49. The number of nitrogens with one attached hydrogen (secondary N) is 2. The fourth-order valence-electron chi connectivity index (χ4n) is 2.32. The summed E-state index contributed by atoms with van der Waals surface area (Å²) in [7, 11) is 0. The lowest BCUT2D eigenvalue weighted by Gasteiger charge is -2.10. The molecule has 102 valence electrons. The van der Waals surface area contributed by atoms with Crippen LogP contribution in [-0.2, 0) is 6.42 Å². The highest BCUT2D eigenvalue weighted by molar-refractivity contribution is 7.97. The number of pyridine rings is 1. The van der Waals surface area contributed by atoms with Crippen molar-refractivity contribution in [1.29, 1.82) is 0 Å². The summed E-state index contributed by atoms with van der Waals surface area (Å²) >= 11 is 1.71. The van der Waals surface area contributed by atoms with E-state index >= 15 is 0 Å². The molecule has 1 atom stereocenters. The third-order valence-electron chi connectivity index (χ3n) is 3.64. The van der Waals surface area contributed by atoms with E-state index in [0.29, 0.717) is 12.0 Å². The molecule has 1 aliphatic rings. The van der Waals surface area contributed by atoms with Crippen LogP contribution in [0.3, 0.4) is 0 Å². The molecule has 0 saturated heterocycles. The average molecular weight is 276 g/mol. The van der Waals surface area contributed by atoms with Crippen LogP contribution >= 0.6 is 11.9 Å². The lowest BCUT2D eigenvalue weighted by Crippen LogP contribution is -2.20. The molecule has 0 aromatic carbocycles. The van der Waals surface area contributed by atoms with E-state index < -0.39 is 0 Å². The minimum Gasteiger partial charge on any atom is -0.340 e. The summed E-state index contributed by atoms with van der Waals surface area (Å²) in [4.78, 5) is 14.0. The number of nitrogens with zero attached hydrogens (tertiary/aromatic N) is 2. The number of rotatable bonds is 2. The van der Waals surface area contributed by atoms with Crippen LogP contribution < -0.4 is 4.72 Å². The Hall–Kier alpha value is -1.07. The van der Waals surface area contributed by atoms with Gasteiger partial charge in [-0.25, -0.2) is 9.97 Å². The molecule has 3 heterocycles. The topological polar surface area (TPSA) is 53.6 Å². The van der Waals surface area contributed by atoms with Gasteiger partial charge in [-0.15, -0.1) is 0 Å². The predicted octanol–water partition coefficient (Wildman–Crippen LogP) is 3.40. The summed E-state index contributed by atoms with van der Waals surface area (Å²) in [6.07, 6.45) is 3.35. The number of aromatic nitrogens is 3. The zero-order valence-electron chi connectivity index (χ0n) is 11.7. The summed E-state index contributed by atoms with van der Waals surface area (Å²) in [5.74, 6) is 1.43. The monoisotopic (exact) mass is 276 g/mol. The van der Waals surface area contributed by atoms with Crippen LogP contribution in [0.15, 0.2) is 11.0 Å². The maximum absolute atomic E-state index is 4.74. The SMILES string of the molecule is CCC1CCc2nc3nc(C(C)C)[nH]c3cc2SN1. The van der Waals surface area contributed by atoms with E-state index in [-0.39, 0.29) is 0 Å². The minimum atomic E-state index is 0.407. The van der Waals surface area contributed by atoms with Crippen molar-refractivity contribution in [3.05, 3.63) is 17.6 Å². The van der Waals surface area contributed by atoms with Crippen molar-refractivity contribution in [3.63, 3.8) is 0 Å². The minimum absolute atomic E-state index is 0.407. The van der Waals surface area contributed by atoms with Gasteiger partial charge in [0.25, 0.3) is 0 Å². The average Bonchev–Trinajstić information content (AvgIpc) is 2.70. The smallest absolute Gasteiger partial charge is 0.178 e. The largest absolute Gasteiger partial charge is 0.340 e. The van der Waals surface area contributed by atoms with Gasteiger partial charge in [-0.1, -0.05) is 20.8 Å². The van der Waals surface area contributed by atoms with E-state index in [1.165, 1.54) is 10.6 Å². The molecule has 2 N–H and O–H groups in total. The Kier molecular flexibility index (Phi) is 3.50. The molecule has 3 rings (SSSR count). The van der Waals surface area contributed by atoms with Crippen LogP contribution in [0.2, 0.25) is 0 Å². The molecule has 0 aliphatic carbocycles. The summed E-state index contributed by atoms with van der Waals surface area (Å²) in [5, 5.41) is 0. The number of aryl methyl sites for hydroxylation is 1. The van der Waals surface area contributed by atoms with Gasteiger partial charge >= 0.3 is 0 Å². The Morgan fingerprint density at radius 3 is 3.00 bits per heavy atom. The lowest BCUT2D eigenvalue weighted by molar-refractivity contribution is 0.564. The van der Waals surface area contributed by atoms with Gasteiger partial charge in [-0.05, 0) is 37.3 Å². The van der Waals surface area contributed by atoms with Gasteiger partial charge in [-0.3, -0.25) is 4.72 Å². The van der Waals surface area contributed by atoms with Crippen molar-refractivity contribution in [2.75, 3.05) is 0 Å². The first-order chi connectivity index (χ1) is 9.17. The van der Waals surface area contributed by atoms with E-state index in [9.17, 15) is 0 Å². The molecule has 5 heteroatoms. The molecule has 1 aliphatic heterocycles. The molecule has 0 fully saturated rings. The number of aromatic amines is 1. The van der Waals surface area contributed by atoms with Crippen molar-refractivity contribution in [3.8, 4) is 0 Å². The summed E-state index contributed by atoms with van der Waals surface area (Å²) in [5.41, 5.74) is 3.09. The van der Waals surface area contributed by atoms with E-state index in [1.54, 1.807) is 11.9 Å². The molecule has 4 nitrogen and oxygen atoms in total.